The fraction of sp³-hybridized carbons (Fsp3) is 0.391. The van der Waals surface area contributed by atoms with Gasteiger partial charge >= 0.3 is 18.4 Å². The lowest BCUT2D eigenvalue weighted by Crippen LogP contribution is -2.67. The Morgan fingerprint density at radius 3 is 2.12 bits per heavy atom. The van der Waals surface area contributed by atoms with E-state index in [1.165, 1.54) is 29.2 Å². The van der Waals surface area contributed by atoms with Crippen molar-refractivity contribution < 1.29 is 36.2 Å². The molecule has 1 fully saturated rings. The molecule has 2 N–H and O–H groups in total. The van der Waals surface area contributed by atoms with E-state index in [4.69, 9.17) is 0 Å². The van der Waals surface area contributed by atoms with Crippen LogP contribution >= 0.6 is 0 Å². The second-order valence-electron chi connectivity index (χ2n) is 7.87. The number of amides is 2. The minimum absolute atomic E-state index is 0.0587. The Morgan fingerprint density at radius 1 is 1.03 bits per heavy atom. The maximum absolute atomic E-state index is 13.2. The van der Waals surface area contributed by atoms with Crippen molar-refractivity contribution in [3.05, 3.63) is 59.2 Å². The van der Waals surface area contributed by atoms with Gasteiger partial charge in [0.2, 0.25) is 0 Å². The number of hydrogen-bond acceptors (Lipinski definition) is 3. The van der Waals surface area contributed by atoms with E-state index in [2.05, 4.69) is 5.32 Å². The van der Waals surface area contributed by atoms with Crippen LogP contribution in [0, 0.1) is 11.3 Å². The molecule has 182 valence electrons. The topological polar surface area (TPSA) is 76.4 Å². The number of halogens is 6. The first-order valence-electron chi connectivity index (χ1n) is 10.4. The third-order valence-corrected chi connectivity index (χ3v) is 5.75. The number of rotatable bonds is 5. The van der Waals surface area contributed by atoms with Crippen molar-refractivity contribution in [2.75, 3.05) is 13.2 Å². The van der Waals surface area contributed by atoms with Crippen molar-refractivity contribution in [3.63, 3.8) is 0 Å². The number of carbonyl (C=O) groups excluding carboxylic acids is 1. The van der Waals surface area contributed by atoms with Crippen LogP contribution in [0.5, 0.6) is 0 Å². The Balaban J connectivity index is 1.89. The Labute approximate surface area is 191 Å². The molecule has 1 aliphatic rings. The van der Waals surface area contributed by atoms with Gasteiger partial charge in [-0.2, -0.15) is 31.6 Å². The quantitative estimate of drug-likeness (QED) is 0.575. The van der Waals surface area contributed by atoms with Crippen molar-refractivity contribution in [1.82, 2.24) is 10.2 Å². The summed E-state index contributed by atoms with van der Waals surface area (Å²) in [5.74, 6) is -0.533. The number of aliphatic hydroxyl groups is 1. The highest BCUT2D eigenvalue weighted by molar-refractivity contribution is 5.77. The Bertz CT molecular complexity index is 1080. The zero-order valence-electron chi connectivity index (χ0n) is 17.9. The predicted molar refractivity (Wildman–Crippen MR) is 110 cm³/mol. The van der Waals surface area contributed by atoms with Crippen LogP contribution in [-0.2, 0) is 12.4 Å². The molecule has 0 saturated carbocycles. The lowest BCUT2D eigenvalue weighted by atomic mass is 9.75. The molecule has 3 rings (SSSR count). The van der Waals surface area contributed by atoms with Crippen LogP contribution in [0.4, 0.5) is 31.1 Å². The number of urea groups is 1. The van der Waals surface area contributed by atoms with Crippen LogP contribution in [0.25, 0.3) is 11.1 Å². The molecule has 0 aliphatic carbocycles. The summed E-state index contributed by atoms with van der Waals surface area (Å²) in [6.07, 6.45) is -9.66. The van der Waals surface area contributed by atoms with Crippen molar-refractivity contribution in [2.45, 2.75) is 43.7 Å². The third kappa shape index (κ3) is 4.82. The van der Waals surface area contributed by atoms with Gasteiger partial charge in [0.05, 0.1) is 29.8 Å². The number of carbonyl (C=O) groups is 1. The van der Waals surface area contributed by atoms with Gasteiger partial charge in [-0.1, -0.05) is 37.3 Å². The first-order chi connectivity index (χ1) is 15.9. The Hall–Kier alpha value is -3.26. The zero-order chi connectivity index (χ0) is 25.3. The number of benzene rings is 2. The molecule has 0 bridgehead atoms. The number of nitrogens with zero attached hydrogens (tertiary/aromatic N) is 2. The second kappa shape index (κ2) is 9.54. The van der Waals surface area contributed by atoms with Gasteiger partial charge in [0.1, 0.15) is 6.04 Å². The van der Waals surface area contributed by atoms with E-state index in [1.54, 1.807) is 0 Å². The van der Waals surface area contributed by atoms with Gasteiger partial charge in [-0.25, -0.2) is 4.79 Å². The van der Waals surface area contributed by atoms with E-state index in [0.717, 1.165) is 6.07 Å². The number of nitrogens with one attached hydrogen (secondary N) is 1. The summed E-state index contributed by atoms with van der Waals surface area (Å²) >= 11 is 0. The van der Waals surface area contributed by atoms with Crippen molar-refractivity contribution in [3.8, 4) is 17.2 Å². The highest BCUT2D eigenvalue weighted by atomic mass is 19.4. The Kier molecular flexibility index (Phi) is 7.12. The average Bonchev–Trinajstić information content (AvgIpc) is 2.76. The van der Waals surface area contributed by atoms with Crippen LogP contribution < -0.4 is 5.32 Å². The summed E-state index contributed by atoms with van der Waals surface area (Å²) in [7, 11) is 0. The van der Waals surface area contributed by atoms with E-state index in [0.29, 0.717) is 30.7 Å². The number of hydrogen-bond donors (Lipinski definition) is 2. The highest BCUT2D eigenvalue weighted by Gasteiger charge is 2.51. The molecule has 0 spiro atoms. The zero-order valence-corrected chi connectivity index (χ0v) is 17.9. The molecule has 0 aromatic heterocycles. The molecule has 11 heteroatoms. The lowest BCUT2D eigenvalue weighted by molar-refractivity contribution is -0.162. The molecule has 1 aliphatic heterocycles. The van der Waals surface area contributed by atoms with Crippen LogP contribution in [0.15, 0.2) is 42.5 Å². The highest BCUT2D eigenvalue weighted by Crippen LogP contribution is 2.43. The van der Waals surface area contributed by atoms with Gasteiger partial charge in [-0.3, -0.25) is 0 Å². The first-order valence-corrected chi connectivity index (χ1v) is 10.4. The molecule has 2 aromatic rings. The SMILES string of the molecule is CCCNC(=O)N1[C@H](C#N)[C@H](c2ccc(-c3ccc(C(F)(F)F)c(C(F)(F)F)c3)cc2)[C@H]1CO. The molecule has 0 unspecified atom stereocenters. The molecule has 2 amide bonds. The maximum Gasteiger partial charge on any atom is 0.417 e. The average molecular weight is 485 g/mol. The molecule has 1 heterocycles. The van der Waals surface area contributed by atoms with E-state index in [9.17, 15) is 41.5 Å². The molecule has 2 aromatic carbocycles. The summed E-state index contributed by atoms with van der Waals surface area (Å²) in [5, 5.41) is 22.0. The summed E-state index contributed by atoms with van der Waals surface area (Å²) in [5.41, 5.74) is -2.79. The van der Waals surface area contributed by atoms with Crippen LogP contribution in [-0.4, -0.2) is 41.3 Å². The Morgan fingerprint density at radius 2 is 1.62 bits per heavy atom. The molecule has 34 heavy (non-hydrogen) atoms. The number of likely N-dealkylation sites (tertiary alicyclic amines) is 1. The van der Waals surface area contributed by atoms with Gasteiger partial charge in [0, 0.05) is 12.5 Å². The smallest absolute Gasteiger partial charge is 0.394 e. The summed E-state index contributed by atoms with van der Waals surface area (Å²) in [6.45, 7) is 1.86. The lowest BCUT2D eigenvalue weighted by Gasteiger charge is -2.51. The third-order valence-electron chi connectivity index (χ3n) is 5.75. The number of aliphatic hydroxyl groups excluding tert-OH is 1. The summed E-state index contributed by atoms with van der Waals surface area (Å²) < 4.78 is 78.8. The molecule has 0 radical (unpaired) electrons. The van der Waals surface area contributed by atoms with Gasteiger partial charge in [-0.15, -0.1) is 0 Å². The summed E-state index contributed by atoms with van der Waals surface area (Å²) in [4.78, 5) is 13.6. The number of nitriles is 1. The second-order valence-corrected chi connectivity index (χ2v) is 7.87. The normalized spacial score (nSPS) is 20.4. The monoisotopic (exact) mass is 485 g/mol. The number of alkyl halides is 6. The molecular formula is C23H21F6N3O2. The van der Waals surface area contributed by atoms with E-state index >= 15 is 0 Å². The van der Waals surface area contributed by atoms with Gasteiger partial charge < -0.3 is 15.3 Å². The summed E-state index contributed by atoms with van der Waals surface area (Å²) in [6, 6.07) is 7.76. The molecule has 5 nitrogen and oxygen atoms in total. The standard InChI is InChI=1S/C23H21F6N3O2/c1-2-9-31-21(34)32-18(11-30)20(19(32)12-33)14-5-3-13(4-6-14)15-7-8-16(22(24,25)26)17(10-15)23(27,28)29/h3-8,10,18-20,33H,2,9,12H2,1H3,(H,31,34)/t18-,19-,20+/m1/s1. The molecule has 3 atom stereocenters. The van der Waals surface area contributed by atoms with Crippen LogP contribution in [0.1, 0.15) is 36.0 Å². The predicted octanol–water partition coefficient (Wildman–Crippen LogP) is 5.16. The fourth-order valence-electron chi connectivity index (χ4n) is 4.11. The molecular weight excluding hydrogens is 464 g/mol. The van der Waals surface area contributed by atoms with Gasteiger partial charge in [-0.05, 0) is 35.2 Å². The van der Waals surface area contributed by atoms with Crippen molar-refractivity contribution in [1.29, 1.82) is 5.26 Å². The van der Waals surface area contributed by atoms with Crippen molar-refractivity contribution >= 4 is 6.03 Å². The molecule has 1 saturated heterocycles. The fourth-order valence-corrected chi connectivity index (χ4v) is 4.11. The first kappa shape index (κ1) is 25.4. The van der Waals surface area contributed by atoms with Gasteiger partial charge in [0.15, 0.2) is 0 Å². The largest absolute Gasteiger partial charge is 0.417 e. The van der Waals surface area contributed by atoms with Crippen molar-refractivity contribution in [2.24, 2.45) is 0 Å². The van der Waals surface area contributed by atoms with E-state index in [-0.39, 0.29) is 11.1 Å². The minimum atomic E-state index is -5.19. The van der Waals surface area contributed by atoms with E-state index in [1.807, 2.05) is 13.0 Å². The van der Waals surface area contributed by atoms with Crippen LogP contribution in [0.3, 0.4) is 0 Å². The minimum Gasteiger partial charge on any atom is -0.394 e. The van der Waals surface area contributed by atoms with Gasteiger partial charge in [0.25, 0.3) is 0 Å². The van der Waals surface area contributed by atoms with E-state index < -0.39 is 54.1 Å². The van der Waals surface area contributed by atoms with Crippen LogP contribution in [0.2, 0.25) is 0 Å². The maximum atomic E-state index is 13.2.